The fourth-order valence-electron chi connectivity index (χ4n) is 2.90. The van der Waals surface area contributed by atoms with Crippen molar-refractivity contribution in [2.45, 2.75) is 45.6 Å². The molecule has 1 unspecified atom stereocenters. The highest BCUT2D eigenvalue weighted by molar-refractivity contribution is 5.89. The summed E-state index contributed by atoms with van der Waals surface area (Å²) >= 11 is 0. The van der Waals surface area contributed by atoms with Gasteiger partial charge in [-0.2, -0.15) is 5.10 Å². The molecule has 7 nitrogen and oxygen atoms in total. The lowest BCUT2D eigenvalue weighted by Crippen LogP contribution is -2.34. The Morgan fingerprint density at radius 1 is 1.33 bits per heavy atom. The number of urea groups is 1. The minimum absolute atomic E-state index is 0.119. The van der Waals surface area contributed by atoms with E-state index in [0.717, 1.165) is 37.2 Å². The van der Waals surface area contributed by atoms with Crippen molar-refractivity contribution in [3.05, 3.63) is 35.7 Å². The highest BCUT2D eigenvalue weighted by Crippen LogP contribution is 2.19. The van der Waals surface area contributed by atoms with Crippen LogP contribution >= 0.6 is 0 Å². The van der Waals surface area contributed by atoms with Gasteiger partial charge in [0.2, 0.25) is 0 Å². The molecule has 2 aromatic rings. The van der Waals surface area contributed by atoms with E-state index in [1.165, 1.54) is 5.69 Å². The highest BCUT2D eigenvalue weighted by atomic mass is 16.2. The molecule has 7 heteroatoms. The van der Waals surface area contributed by atoms with E-state index in [-0.39, 0.29) is 6.03 Å². The van der Waals surface area contributed by atoms with E-state index in [4.69, 9.17) is 0 Å². The molecule has 3 rings (SSSR count). The maximum Gasteiger partial charge on any atom is 0.322 e. The summed E-state index contributed by atoms with van der Waals surface area (Å²) in [6.07, 6.45) is 8.09. The van der Waals surface area contributed by atoms with E-state index in [0.29, 0.717) is 18.2 Å². The number of amides is 2. The number of carbonyl (C=O) groups excluding carboxylic acids is 1. The van der Waals surface area contributed by atoms with E-state index in [2.05, 4.69) is 34.2 Å². The molecule has 0 aliphatic carbocycles. The molecule has 1 N–H and O–H groups in total. The molecular formula is C17H24N6O. The highest BCUT2D eigenvalue weighted by Gasteiger charge is 2.21. The van der Waals surface area contributed by atoms with Crippen LogP contribution in [0.4, 0.5) is 10.5 Å². The van der Waals surface area contributed by atoms with Crippen molar-refractivity contribution in [1.82, 2.24) is 24.6 Å². The van der Waals surface area contributed by atoms with Gasteiger partial charge in [0.25, 0.3) is 0 Å². The van der Waals surface area contributed by atoms with Crippen molar-refractivity contribution >= 4 is 11.7 Å². The summed E-state index contributed by atoms with van der Waals surface area (Å²) in [5.41, 5.74) is 2.96. The third kappa shape index (κ3) is 3.39. The van der Waals surface area contributed by atoms with Crippen molar-refractivity contribution in [3.63, 3.8) is 0 Å². The average Bonchev–Trinajstić information content (AvgIpc) is 2.82. The summed E-state index contributed by atoms with van der Waals surface area (Å²) in [6.45, 7) is 5.51. The van der Waals surface area contributed by atoms with Crippen LogP contribution in [0.15, 0.2) is 18.6 Å². The van der Waals surface area contributed by atoms with Crippen LogP contribution < -0.4 is 5.32 Å². The molecule has 2 aromatic heterocycles. The van der Waals surface area contributed by atoms with Crippen LogP contribution in [0.5, 0.6) is 0 Å². The Hall–Kier alpha value is -2.44. The molecule has 0 radical (unpaired) electrons. The second kappa shape index (κ2) is 6.98. The van der Waals surface area contributed by atoms with Crippen molar-refractivity contribution in [1.29, 1.82) is 0 Å². The van der Waals surface area contributed by atoms with Gasteiger partial charge in [-0.25, -0.2) is 14.8 Å². The van der Waals surface area contributed by atoms with Gasteiger partial charge >= 0.3 is 6.03 Å². The average molecular weight is 328 g/mol. The van der Waals surface area contributed by atoms with Gasteiger partial charge in [-0.05, 0) is 19.3 Å². The van der Waals surface area contributed by atoms with Gasteiger partial charge in [0.1, 0.15) is 5.82 Å². The SMILES string of the molecule is CCC(C)c1ncc(NC(=O)N2CCCc3c(cnn3C)C2)cn1. The molecule has 0 spiro atoms. The lowest BCUT2D eigenvalue weighted by atomic mass is 10.1. The number of rotatable bonds is 3. The van der Waals surface area contributed by atoms with Crippen LogP contribution in [0.2, 0.25) is 0 Å². The van der Waals surface area contributed by atoms with Gasteiger partial charge in [0, 0.05) is 30.8 Å². The van der Waals surface area contributed by atoms with E-state index in [1.54, 1.807) is 12.4 Å². The Morgan fingerprint density at radius 3 is 2.79 bits per heavy atom. The van der Waals surface area contributed by atoms with Crippen LogP contribution in [0, 0.1) is 0 Å². The number of fused-ring (bicyclic) bond motifs is 1. The summed E-state index contributed by atoms with van der Waals surface area (Å²) in [5, 5.41) is 7.19. The van der Waals surface area contributed by atoms with Crippen LogP contribution in [0.1, 0.15) is 49.7 Å². The van der Waals surface area contributed by atoms with Gasteiger partial charge in [-0.15, -0.1) is 0 Å². The number of anilines is 1. The first-order chi connectivity index (χ1) is 11.6. The van der Waals surface area contributed by atoms with Crippen molar-refractivity contribution in [2.24, 2.45) is 7.05 Å². The third-order valence-corrected chi connectivity index (χ3v) is 4.61. The van der Waals surface area contributed by atoms with Crippen molar-refractivity contribution in [2.75, 3.05) is 11.9 Å². The van der Waals surface area contributed by atoms with E-state index in [1.807, 2.05) is 22.8 Å². The maximum atomic E-state index is 12.5. The molecule has 0 saturated carbocycles. The van der Waals surface area contributed by atoms with Gasteiger partial charge < -0.3 is 10.2 Å². The first-order valence-corrected chi connectivity index (χ1v) is 8.46. The van der Waals surface area contributed by atoms with E-state index in [9.17, 15) is 4.79 Å². The van der Waals surface area contributed by atoms with Gasteiger partial charge in [0.15, 0.2) is 0 Å². The maximum absolute atomic E-state index is 12.5. The number of aromatic nitrogens is 4. The lowest BCUT2D eigenvalue weighted by Gasteiger charge is -2.20. The fraction of sp³-hybridized carbons (Fsp3) is 0.529. The Morgan fingerprint density at radius 2 is 2.08 bits per heavy atom. The van der Waals surface area contributed by atoms with E-state index < -0.39 is 0 Å². The molecule has 0 fully saturated rings. The van der Waals surface area contributed by atoms with Crippen LogP contribution in [0.25, 0.3) is 0 Å². The molecule has 2 amide bonds. The standard InChI is InChI=1S/C17H24N6O/c1-4-12(2)16-18-9-14(10-19-16)21-17(24)23-7-5-6-15-13(11-23)8-20-22(15)3/h8-10,12H,4-7,11H2,1-3H3,(H,21,24). The number of hydrogen-bond acceptors (Lipinski definition) is 4. The lowest BCUT2D eigenvalue weighted by molar-refractivity contribution is 0.210. The molecular weight excluding hydrogens is 304 g/mol. The summed E-state index contributed by atoms with van der Waals surface area (Å²) in [7, 11) is 1.95. The summed E-state index contributed by atoms with van der Waals surface area (Å²) < 4.78 is 1.90. The van der Waals surface area contributed by atoms with Crippen molar-refractivity contribution in [3.8, 4) is 0 Å². The number of hydrogen-bond donors (Lipinski definition) is 1. The van der Waals surface area contributed by atoms with E-state index >= 15 is 0 Å². The van der Waals surface area contributed by atoms with Gasteiger partial charge in [0.05, 0.1) is 30.8 Å². The van der Waals surface area contributed by atoms with Crippen LogP contribution in [-0.2, 0) is 20.0 Å². The molecule has 3 heterocycles. The van der Waals surface area contributed by atoms with Gasteiger partial charge in [-0.3, -0.25) is 4.68 Å². The second-order valence-electron chi connectivity index (χ2n) is 6.33. The van der Waals surface area contributed by atoms with Crippen LogP contribution in [0.3, 0.4) is 0 Å². The minimum Gasteiger partial charge on any atom is -0.320 e. The quantitative estimate of drug-likeness (QED) is 0.940. The topological polar surface area (TPSA) is 75.9 Å². The molecule has 128 valence electrons. The zero-order chi connectivity index (χ0) is 17.1. The monoisotopic (exact) mass is 328 g/mol. The summed E-state index contributed by atoms with van der Waals surface area (Å²) in [4.78, 5) is 23.1. The predicted octanol–water partition coefficient (Wildman–Crippen LogP) is 2.70. The molecule has 1 aliphatic rings. The predicted molar refractivity (Wildman–Crippen MR) is 91.7 cm³/mol. The number of nitrogens with one attached hydrogen (secondary N) is 1. The molecule has 1 aliphatic heterocycles. The molecule has 1 atom stereocenters. The summed E-state index contributed by atoms with van der Waals surface area (Å²) in [6, 6.07) is -0.119. The van der Waals surface area contributed by atoms with Crippen molar-refractivity contribution < 1.29 is 4.79 Å². The molecule has 24 heavy (non-hydrogen) atoms. The normalized spacial score (nSPS) is 15.5. The third-order valence-electron chi connectivity index (χ3n) is 4.61. The molecule has 0 aromatic carbocycles. The van der Waals surface area contributed by atoms with Crippen LogP contribution in [-0.4, -0.2) is 37.2 Å². The number of carbonyl (C=O) groups is 1. The van der Waals surface area contributed by atoms with Gasteiger partial charge in [-0.1, -0.05) is 13.8 Å². The first-order valence-electron chi connectivity index (χ1n) is 8.46. The second-order valence-corrected chi connectivity index (χ2v) is 6.33. The zero-order valence-corrected chi connectivity index (χ0v) is 14.5. The number of aryl methyl sites for hydroxylation is 1. The Bertz CT molecular complexity index is 708. The Kier molecular flexibility index (Phi) is 4.78. The summed E-state index contributed by atoms with van der Waals surface area (Å²) in [5.74, 6) is 1.13. The largest absolute Gasteiger partial charge is 0.322 e. The smallest absolute Gasteiger partial charge is 0.320 e. The molecule has 0 saturated heterocycles. The first kappa shape index (κ1) is 16.4. The zero-order valence-electron chi connectivity index (χ0n) is 14.5. The fourth-order valence-corrected chi connectivity index (χ4v) is 2.90. The number of nitrogens with zero attached hydrogens (tertiary/aromatic N) is 5. The minimum atomic E-state index is -0.119. The Labute approximate surface area is 142 Å². The Balaban J connectivity index is 1.66. The molecule has 0 bridgehead atoms.